The second kappa shape index (κ2) is 7.89. The molecule has 4 nitrogen and oxygen atoms in total. The van der Waals surface area contributed by atoms with Crippen molar-refractivity contribution in [2.45, 2.75) is 51.1 Å². The molecule has 1 amide bonds. The van der Waals surface area contributed by atoms with Crippen LogP contribution >= 0.6 is 8.03 Å². The zero-order chi connectivity index (χ0) is 11.0. The first-order chi connectivity index (χ1) is 6.59. The SMILES string of the molecule is CCCCCCCC(C(N)=O)[P+](=O)[O-]. The fourth-order valence-electron chi connectivity index (χ4n) is 1.29. The van der Waals surface area contributed by atoms with E-state index in [0.29, 0.717) is 6.42 Å². The Hall–Kier alpha value is -0.470. The minimum Gasteiger partial charge on any atom is -0.595 e. The topological polar surface area (TPSA) is 83.2 Å². The van der Waals surface area contributed by atoms with E-state index >= 15 is 0 Å². The number of hydrogen-bond donors (Lipinski definition) is 1. The van der Waals surface area contributed by atoms with Crippen molar-refractivity contribution in [3.05, 3.63) is 0 Å². The van der Waals surface area contributed by atoms with Crippen LogP contribution in [0, 0.1) is 0 Å². The second-order valence-corrected chi connectivity index (χ2v) is 4.60. The predicted molar refractivity (Wildman–Crippen MR) is 54.0 cm³/mol. The van der Waals surface area contributed by atoms with Gasteiger partial charge in [-0.05, 0) is 6.42 Å². The van der Waals surface area contributed by atoms with Gasteiger partial charge in [-0.2, -0.15) is 0 Å². The molecule has 0 spiro atoms. The molecule has 2 unspecified atom stereocenters. The molecular weight excluding hydrogens is 201 g/mol. The quantitative estimate of drug-likeness (QED) is 0.493. The lowest BCUT2D eigenvalue weighted by Crippen LogP contribution is -2.27. The Morgan fingerprint density at radius 2 is 1.93 bits per heavy atom. The first-order valence-electron chi connectivity index (χ1n) is 5.02. The van der Waals surface area contributed by atoms with Gasteiger partial charge >= 0.3 is 8.03 Å². The van der Waals surface area contributed by atoms with Crippen molar-refractivity contribution >= 4 is 13.9 Å². The zero-order valence-electron chi connectivity index (χ0n) is 8.57. The van der Waals surface area contributed by atoms with Gasteiger partial charge in [0.05, 0.1) is 0 Å². The minimum atomic E-state index is -2.70. The van der Waals surface area contributed by atoms with Crippen LogP contribution in [0.3, 0.4) is 0 Å². The van der Waals surface area contributed by atoms with E-state index in [4.69, 9.17) is 5.73 Å². The second-order valence-electron chi connectivity index (χ2n) is 3.41. The Kier molecular flexibility index (Phi) is 7.63. The molecule has 5 heteroatoms. The summed E-state index contributed by atoms with van der Waals surface area (Å²) in [5.74, 6) is -0.725. The summed E-state index contributed by atoms with van der Waals surface area (Å²) in [6.07, 6.45) is 5.51. The third kappa shape index (κ3) is 6.06. The van der Waals surface area contributed by atoms with Gasteiger partial charge in [0.2, 0.25) is 5.66 Å². The van der Waals surface area contributed by atoms with E-state index in [-0.39, 0.29) is 0 Å². The third-order valence-electron chi connectivity index (χ3n) is 2.16. The van der Waals surface area contributed by atoms with Crippen LogP contribution < -0.4 is 10.6 Å². The maximum atomic E-state index is 10.7. The van der Waals surface area contributed by atoms with Crippen LogP contribution in [-0.4, -0.2) is 11.6 Å². The first kappa shape index (κ1) is 13.5. The van der Waals surface area contributed by atoms with Crippen LogP contribution in [0.4, 0.5) is 0 Å². The molecule has 14 heavy (non-hydrogen) atoms. The van der Waals surface area contributed by atoms with E-state index in [0.717, 1.165) is 32.1 Å². The summed E-state index contributed by atoms with van der Waals surface area (Å²) < 4.78 is 10.6. The van der Waals surface area contributed by atoms with Crippen molar-refractivity contribution in [1.29, 1.82) is 0 Å². The molecule has 2 atom stereocenters. The molecule has 0 radical (unpaired) electrons. The Morgan fingerprint density at radius 3 is 2.36 bits per heavy atom. The molecule has 0 fully saturated rings. The number of amides is 1. The summed E-state index contributed by atoms with van der Waals surface area (Å²) in [5.41, 5.74) is 3.99. The largest absolute Gasteiger partial charge is 0.595 e. The fourth-order valence-corrected chi connectivity index (χ4v) is 1.89. The van der Waals surface area contributed by atoms with Gasteiger partial charge in [0.1, 0.15) is 0 Å². The molecule has 0 saturated carbocycles. The molecule has 0 heterocycles. The molecule has 0 bridgehead atoms. The smallest absolute Gasteiger partial charge is 0.322 e. The van der Waals surface area contributed by atoms with E-state index in [9.17, 15) is 14.3 Å². The highest BCUT2D eigenvalue weighted by Crippen LogP contribution is 2.23. The summed E-state index contributed by atoms with van der Waals surface area (Å²) >= 11 is 0. The number of carbonyl (C=O) groups excluding carboxylic acids is 1. The zero-order valence-corrected chi connectivity index (χ0v) is 9.46. The Balaban J connectivity index is 3.62. The van der Waals surface area contributed by atoms with Gasteiger partial charge in [0.25, 0.3) is 5.91 Å². The van der Waals surface area contributed by atoms with E-state index in [2.05, 4.69) is 6.92 Å². The molecule has 82 valence electrons. The molecule has 0 aliphatic heterocycles. The average molecular weight is 219 g/mol. The first-order valence-corrected chi connectivity index (χ1v) is 6.27. The summed E-state index contributed by atoms with van der Waals surface area (Å²) in [6.45, 7) is 2.11. The molecule has 0 aromatic rings. The minimum absolute atomic E-state index is 0.373. The highest BCUT2D eigenvalue weighted by Gasteiger charge is 2.27. The monoisotopic (exact) mass is 219 g/mol. The van der Waals surface area contributed by atoms with Crippen molar-refractivity contribution in [2.75, 3.05) is 0 Å². The number of hydrogen-bond acceptors (Lipinski definition) is 3. The van der Waals surface area contributed by atoms with Gasteiger partial charge in [-0.1, -0.05) is 37.2 Å². The molecule has 0 aromatic carbocycles. The predicted octanol–water partition coefficient (Wildman–Crippen LogP) is 1.30. The van der Waals surface area contributed by atoms with Gasteiger partial charge in [0.15, 0.2) is 0 Å². The van der Waals surface area contributed by atoms with Gasteiger partial charge in [-0.25, -0.2) is 0 Å². The van der Waals surface area contributed by atoms with E-state index in [1.807, 2.05) is 0 Å². The van der Waals surface area contributed by atoms with Crippen molar-refractivity contribution in [3.8, 4) is 0 Å². The Bertz CT molecular complexity index is 182. The van der Waals surface area contributed by atoms with Gasteiger partial charge in [0, 0.05) is 6.42 Å². The lowest BCUT2D eigenvalue weighted by atomic mass is 10.1. The van der Waals surface area contributed by atoms with Crippen molar-refractivity contribution in [2.24, 2.45) is 5.73 Å². The maximum absolute atomic E-state index is 10.7. The molecule has 2 N–H and O–H groups in total. The summed E-state index contributed by atoms with van der Waals surface area (Å²) in [5, 5.41) is 0. The van der Waals surface area contributed by atoms with Crippen LogP contribution in [0.5, 0.6) is 0 Å². The number of carbonyl (C=O) groups is 1. The highest BCUT2D eigenvalue weighted by atomic mass is 31.1. The van der Waals surface area contributed by atoms with E-state index in [1.54, 1.807) is 0 Å². The normalized spacial score (nSPS) is 13.7. The molecule has 0 aromatic heterocycles. The lowest BCUT2D eigenvalue weighted by molar-refractivity contribution is -0.167. The van der Waals surface area contributed by atoms with Crippen LogP contribution in [-0.2, 0) is 9.36 Å². The number of nitrogens with two attached hydrogens (primary N) is 1. The molecule has 0 aliphatic carbocycles. The van der Waals surface area contributed by atoms with Crippen LogP contribution in [0.15, 0.2) is 0 Å². The Labute approximate surface area is 85.7 Å². The summed E-state index contributed by atoms with van der Waals surface area (Å²) in [7, 11) is -2.70. The average Bonchev–Trinajstić information content (AvgIpc) is 2.09. The third-order valence-corrected chi connectivity index (χ3v) is 3.19. The number of unbranched alkanes of at least 4 members (excludes halogenated alkanes) is 4. The summed E-state index contributed by atoms with van der Waals surface area (Å²) in [6, 6.07) is 0. The molecule has 0 rings (SSSR count). The summed E-state index contributed by atoms with van der Waals surface area (Å²) in [4.78, 5) is 21.3. The van der Waals surface area contributed by atoms with E-state index in [1.165, 1.54) is 0 Å². The highest BCUT2D eigenvalue weighted by molar-refractivity contribution is 7.38. The van der Waals surface area contributed by atoms with Gasteiger partial charge in [-0.15, -0.1) is 0 Å². The van der Waals surface area contributed by atoms with Crippen LogP contribution in [0.2, 0.25) is 0 Å². The van der Waals surface area contributed by atoms with Crippen molar-refractivity contribution in [3.63, 3.8) is 0 Å². The molecular formula is C9H18NO3P. The maximum Gasteiger partial charge on any atom is 0.322 e. The number of primary amides is 1. The molecule has 0 saturated heterocycles. The van der Waals surface area contributed by atoms with Gasteiger partial charge < -0.3 is 10.6 Å². The van der Waals surface area contributed by atoms with Gasteiger partial charge in [-0.3, -0.25) is 4.79 Å². The van der Waals surface area contributed by atoms with E-state index < -0.39 is 19.6 Å². The van der Waals surface area contributed by atoms with Crippen LogP contribution in [0.25, 0.3) is 0 Å². The fraction of sp³-hybridized carbons (Fsp3) is 0.889. The number of rotatable bonds is 8. The van der Waals surface area contributed by atoms with Crippen LogP contribution in [0.1, 0.15) is 45.4 Å². The van der Waals surface area contributed by atoms with Crippen molar-refractivity contribution in [1.82, 2.24) is 0 Å². The Morgan fingerprint density at radius 1 is 1.36 bits per heavy atom. The lowest BCUT2D eigenvalue weighted by Gasteiger charge is -2.04. The standard InChI is InChI=1S/C9H18NO3P/c1-2-3-4-5-6-7-8(9(10)11)14(12)13/h8H,2-7H2,1H3,(H2,10,11). The van der Waals surface area contributed by atoms with Crippen molar-refractivity contribution < 1.29 is 14.3 Å². The molecule has 0 aliphatic rings.